The van der Waals surface area contributed by atoms with Gasteiger partial charge in [0.05, 0.1) is 6.10 Å². The van der Waals surface area contributed by atoms with Crippen LogP contribution in [0.5, 0.6) is 0 Å². The lowest BCUT2D eigenvalue weighted by atomic mass is 9.99. The van der Waals surface area contributed by atoms with Crippen molar-refractivity contribution in [2.24, 2.45) is 0 Å². The highest BCUT2D eigenvalue weighted by atomic mass is 16.5. The van der Waals surface area contributed by atoms with Crippen LogP contribution in [0.15, 0.2) is 18.2 Å². The molecule has 1 aliphatic heterocycles. The Morgan fingerprint density at radius 2 is 2.00 bits per heavy atom. The molecule has 0 bridgehead atoms. The van der Waals surface area contributed by atoms with Gasteiger partial charge in [-0.2, -0.15) is 0 Å². The molecule has 1 heterocycles. The van der Waals surface area contributed by atoms with Crippen LogP contribution in [0, 0.1) is 13.8 Å². The summed E-state index contributed by atoms with van der Waals surface area (Å²) in [5.74, 6) is 0. The molecule has 0 radical (unpaired) electrons. The van der Waals surface area contributed by atoms with Gasteiger partial charge in [-0.15, -0.1) is 0 Å². The van der Waals surface area contributed by atoms with E-state index in [1.165, 1.54) is 29.7 Å². The lowest BCUT2D eigenvalue weighted by molar-refractivity contribution is 0.107. The molecular weight excluding hydrogens is 260 g/mol. The number of hydrogen-bond acceptors (Lipinski definition) is 3. The molecule has 0 spiro atoms. The van der Waals surface area contributed by atoms with Crippen LogP contribution < -0.4 is 5.32 Å². The molecule has 2 rings (SSSR count). The smallest absolute Gasteiger partial charge is 0.0710 e. The number of rotatable bonds is 7. The molecule has 0 aromatic heterocycles. The van der Waals surface area contributed by atoms with Crippen LogP contribution in [0.2, 0.25) is 0 Å². The minimum Gasteiger partial charge on any atom is -0.380 e. The van der Waals surface area contributed by atoms with Crippen LogP contribution >= 0.6 is 0 Å². The number of nitrogens with one attached hydrogen (secondary N) is 1. The summed E-state index contributed by atoms with van der Waals surface area (Å²) in [7, 11) is 1.82. The van der Waals surface area contributed by atoms with E-state index in [0.717, 1.165) is 26.1 Å². The number of methoxy groups -OCH3 is 1. The van der Waals surface area contributed by atoms with E-state index in [4.69, 9.17) is 4.74 Å². The highest BCUT2D eigenvalue weighted by Gasteiger charge is 2.22. The molecule has 1 N–H and O–H groups in total. The van der Waals surface area contributed by atoms with Crippen molar-refractivity contribution in [3.8, 4) is 0 Å². The van der Waals surface area contributed by atoms with Gasteiger partial charge in [0.2, 0.25) is 0 Å². The maximum absolute atomic E-state index is 5.45. The first-order valence-electron chi connectivity index (χ1n) is 8.19. The fraction of sp³-hybridized carbons (Fsp3) is 0.667. The highest BCUT2D eigenvalue weighted by Crippen LogP contribution is 2.22. The Morgan fingerprint density at radius 1 is 1.29 bits per heavy atom. The van der Waals surface area contributed by atoms with E-state index in [2.05, 4.69) is 49.2 Å². The monoisotopic (exact) mass is 290 g/mol. The molecule has 2 unspecified atom stereocenters. The summed E-state index contributed by atoms with van der Waals surface area (Å²) < 4.78 is 5.45. The zero-order valence-electron chi connectivity index (χ0n) is 14.0. The lowest BCUT2D eigenvalue weighted by Crippen LogP contribution is -2.29. The molecule has 1 saturated heterocycles. The van der Waals surface area contributed by atoms with Crippen molar-refractivity contribution < 1.29 is 4.74 Å². The molecule has 21 heavy (non-hydrogen) atoms. The molecule has 2 atom stereocenters. The van der Waals surface area contributed by atoms with Crippen LogP contribution in [0.3, 0.4) is 0 Å². The van der Waals surface area contributed by atoms with Gasteiger partial charge in [-0.1, -0.05) is 36.2 Å². The van der Waals surface area contributed by atoms with Crippen LogP contribution in [-0.4, -0.2) is 44.3 Å². The molecular formula is C18H30N2O. The molecule has 0 amide bonds. The molecule has 0 aliphatic carbocycles. The molecule has 1 aromatic carbocycles. The van der Waals surface area contributed by atoms with Crippen molar-refractivity contribution in [2.45, 2.75) is 45.8 Å². The number of ether oxygens (including phenoxy) is 1. The van der Waals surface area contributed by atoms with Gasteiger partial charge in [-0.25, -0.2) is 0 Å². The van der Waals surface area contributed by atoms with E-state index in [1.807, 2.05) is 7.11 Å². The Labute approximate surface area is 129 Å². The van der Waals surface area contributed by atoms with Crippen molar-refractivity contribution in [2.75, 3.05) is 33.3 Å². The third-order valence-electron chi connectivity index (χ3n) is 4.39. The summed E-state index contributed by atoms with van der Waals surface area (Å²) in [6, 6.07) is 7.34. The van der Waals surface area contributed by atoms with Crippen molar-refractivity contribution in [3.63, 3.8) is 0 Å². The fourth-order valence-electron chi connectivity index (χ4n) is 3.35. The molecule has 1 aromatic rings. The van der Waals surface area contributed by atoms with E-state index in [-0.39, 0.29) is 0 Å². The molecule has 3 heteroatoms. The van der Waals surface area contributed by atoms with E-state index >= 15 is 0 Å². The SMILES string of the molecule is CCNC(CCN1CCC(OC)C1)c1cc(C)cc(C)c1. The Kier molecular flexibility index (Phi) is 6.22. The number of benzene rings is 1. The Bertz CT molecular complexity index is 427. The average Bonchev–Trinajstić information content (AvgIpc) is 2.90. The molecule has 0 saturated carbocycles. The third-order valence-corrected chi connectivity index (χ3v) is 4.39. The summed E-state index contributed by atoms with van der Waals surface area (Å²) in [6.45, 7) is 11.0. The van der Waals surface area contributed by atoms with Gasteiger partial charge in [0, 0.05) is 32.8 Å². The second-order valence-electron chi connectivity index (χ2n) is 6.27. The number of likely N-dealkylation sites (tertiary alicyclic amines) is 1. The quantitative estimate of drug-likeness (QED) is 0.835. The first kappa shape index (κ1) is 16.5. The van der Waals surface area contributed by atoms with E-state index < -0.39 is 0 Å². The van der Waals surface area contributed by atoms with E-state index in [0.29, 0.717) is 12.1 Å². The van der Waals surface area contributed by atoms with Crippen LogP contribution in [0.1, 0.15) is 42.5 Å². The summed E-state index contributed by atoms with van der Waals surface area (Å²) >= 11 is 0. The van der Waals surface area contributed by atoms with Gasteiger partial charge in [0.25, 0.3) is 0 Å². The van der Waals surface area contributed by atoms with Crippen LogP contribution in [0.25, 0.3) is 0 Å². The second-order valence-corrected chi connectivity index (χ2v) is 6.27. The number of hydrogen-bond donors (Lipinski definition) is 1. The Morgan fingerprint density at radius 3 is 2.57 bits per heavy atom. The van der Waals surface area contributed by atoms with Crippen LogP contribution in [0.4, 0.5) is 0 Å². The molecule has 3 nitrogen and oxygen atoms in total. The first-order chi connectivity index (χ1) is 10.1. The third kappa shape index (κ3) is 4.80. The topological polar surface area (TPSA) is 24.5 Å². The minimum absolute atomic E-state index is 0.434. The zero-order chi connectivity index (χ0) is 15.2. The largest absolute Gasteiger partial charge is 0.380 e. The van der Waals surface area contributed by atoms with Crippen molar-refractivity contribution in [1.29, 1.82) is 0 Å². The standard InChI is InChI=1S/C18H30N2O/c1-5-19-18(16-11-14(2)10-15(3)12-16)7-9-20-8-6-17(13-20)21-4/h10-12,17-19H,5-9,13H2,1-4H3. The maximum Gasteiger partial charge on any atom is 0.0710 e. The summed E-state index contributed by atoms with van der Waals surface area (Å²) in [4.78, 5) is 2.53. The summed E-state index contributed by atoms with van der Waals surface area (Å²) in [6.07, 6.45) is 2.77. The lowest BCUT2D eigenvalue weighted by Gasteiger charge is -2.23. The molecule has 1 fully saturated rings. The van der Waals surface area contributed by atoms with Gasteiger partial charge in [-0.05, 0) is 38.8 Å². The average molecular weight is 290 g/mol. The van der Waals surface area contributed by atoms with Gasteiger partial charge in [0.15, 0.2) is 0 Å². The van der Waals surface area contributed by atoms with Crippen molar-refractivity contribution in [1.82, 2.24) is 10.2 Å². The normalized spacial score (nSPS) is 20.9. The van der Waals surface area contributed by atoms with Gasteiger partial charge < -0.3 is 15.0 Å². The minimum atomic E-state index is 0.434. The first-order valence-corrected chi connectivity index (χ1v) is 8.19. The van der Waals surface area contributed by atoms with Gasteiger partial charge >= 0.3 is 0 Å². The molecule has 1 aliphatic rings. The van der Waals surface area contributed by atoms with Crippen molar-refractivity contribution >= 4 is 0 Å². The zero-order valence-corrected chi connectivity index (χ0v) is 14.0. The summed E-state index contributed by atoms with van der Waals surface area (Å²) in [5, 5.41) is 3.64. The predicted molar refractivity (Wildman–Crippen MR) is 88.8 cm³/mol. The Balaban J connectivity index is 1.95. The van der Waals surface area contributed by atoms with Gasteiger partial charge in [-0.3, -0.25) is 0 Å². The maximum atomic E-state index is 5.45. The van der Waals surface area contributed by atoms with E-state index in [1.54, 1.807) is 0 Å². The second kappa shape index (κ2) is 7.92. The van der Waals surface area contributed by atoms with Crippen LogP contribution in [-0.2, 0) is 4.74 Å². The number of aryl methyl sites for hydroxylation is 2. The predicted octanol–water partition coefficient (Wildman–Crippen LogP) is 3.06. The highest BCUT2D eigenvalue weighted by molar-refractivity contribution is 5.30. The molecule has 118 valence electrons. The van der Waals surface area contributed by atoms with Crippen molar-refractivity contribution in [3.05, 3.63) is 34.9 Å². The van der Waals surface area contributed by atoms with Gasteiger partial charge in [0.1, 0.15) is 0 Å². The Hall–Kier alpha value is -0.900. The fourth-order valence-corrected chi connectivity index (χ4v) is 3.35. The number of nitrogens with zero attached hydrogens (tertiary/aromatic N) is 1. The summed E-state index contributed by atoms with van der Waals surface area (Å²) in [5.41, 5.74) is 4.14. The van der Waals surface area contributed by atoms with E-state index in [9.17, 15) is 0 Å².